The summed E-state index contributed by atoms with van der Waals surface area (Å²) in [5.41, 5.74) is 3.70. The summed E-state index contributed by atoms with van der Waals surface area (Å²) >= 11 is 0. The Hall–Kier alpha value is -2.56. The molecule has 5 heteroatoms. The first-order valence-corrected chi connectivity index (χ1v) is 8.24. The van der Waals surface area contributed by atoms with Crippen LogP contribution in [-0.2, 0) is 19.1 Å². The van der Waals surface area contributed by atoms with Gasteiger partial charge in [-0.2, -0.15) is 0 Å². The lowest BCUT2D eigenvalue weighted by Gasteiger charge is -2.39. The fraction of sp³-hybridized carbons (Fsp3) is 0.368. The Morgan fingerprint density at radius 1 is 0.875 bits per heavy atom. The molecule has 124 valence electrons. The second-order valence-corrected chi connectivity index (χ2v) is 6.59. The number of dihydropyridines is 1. The molecule has 4 rings (SSSR count). The van der Waals surface area contributed by atoms with Gasteiger partial charge in [0, 0.05) is 24.2 Å². The van der Waals surface area contributed by atoms with Gasteiger partial charge in [-0.1, -0.05) is 30.3 Å². The molecule has 0 fully saturated rings. The minimum absolute atomic E-state index is 0.171. The summed E-state index contributed by atoms with van der Waals surface area (Å²) < 4.78 is 10.9. The highest BCUT2D eigenvalue weighted by atomic mass is 16.5. The lowest BCUT2D eigenvalue weighted by Crippen LogP contribution is -2.42. The molecule has 1 aromatic carbocycles. The van der Waals surface area contributed by atoms with Gasteiger partial charge >= 0.3 is 11.9 Å². The molecule has 1 aromatic rings. The normalized spacial score (nSPS) is 29.3. The molecule has 0 spiro atoms. The van der Waals surface area contributed by atoms with E-state index in [0.717, 1.165) is 17.0 Å². The Bertz CT molecular complexity index is 732. The van der Waals surface area contributed by atoms with Crippen LogP contribution in [0.2, 0.25) is 0 Å². The molecular weight excluding hydrogens is 306 g/mol. The monoisotopic (exact) mass is 325 g/mol. The zero-order valence-electron chi connectivity index (χ0n) is 13.7. The van der Waals surface area contributed by atoms with Crippen LogP contribution < -0.4 is 5.32 Å². The molecule has 0 amide bonds. The molecule has 0 bridgehead atoms. The van der Waals surface area contributed by atoms with Crippen molar-refractivity contribution in [2.24, 2.45) is 0 Å². The molecule has 3 aliphatic rings. The predicted molar refractivity (Wildman–Crippen MR) is 86.7 cm³/mol. The maximum atomic E-state index is 12.6. The molecule has 0 saturated heterocycles. The van der Waals surface area contributed by atoms with Crippen molar-refractivity contribution < 1.29 is 19.1 Å². The minimum atomic E-state index is -0.433. The second-order valence-electron chi connectivity index (χ2n) is 6.59. The average Bonchev–Trinajstić information content (AvgIpc) is 2.53. The van der Waals surface area contributed by atoms with Gasteiger partial charge in [-0.15, -0.1) is 0 Å². The first kappa shape index (κ1) is 15.0. The zero-order valence-corrected chi connectivity index (χ0v) is 13.7. The Balaban J connectivity index is 1.89. The topological polar surface area (TPSA) is 64.6 Å². The third-order valence-electron chi connectivity index (χ3n) is 4.70. The summed E-state index contributed by atoms with van der Waals surface area (Å²) in [6.07, 6.45) is 0.917. The second kappa shape index (κ2) is 5.51. The van der Waals surface area contributed by atoms with E-state index < -0.39 is 5.92 Å². The quantitative estimate of drug-likeness (QED) is 0.804. The Labute approximate surface area is 140 Å². The van der Waals surface area contributed by atoms with Crippen LogP contribution in [0, 0.1) is 0 Å². The molecule has 0 saturated carbocycles. The molecular formula is C19H19NO4. The number of ether oxygens (including phenoxy) is 2. The Morgan fingerprint density at radius 3 is 1.88 bits per heavy atom. The van der Waals surface area contributed by atoms with Gasteiger partial charge in [0.15, 0.2) is 0 Å². The molecule has 0 aliphatic carbocycles. The highest BCUT2D eigenvalue weighted by molar-refractivity contribution is 6.00. The Kier molecular flexibility index (Phi) is 3.44. The standard InChI is InChI=1S/C19H19NO4/c1-10-8-13-16(18(21)23-10)15(12-6-4-3-5-7-12)17-14(20-13)9-11(2)24-19(17)22/h3-7,10-11,15,20H,8-9H2,1-2H3. The van der Waals surface area contributed by atoms with E-state index in [0.29, 0.717) is 24.0 Å². The first-order valence-electron chi connectivity index (χ1n) is 8.24. The van der Waals surface area contributed by atoms with E-state index in [9.17, 15) is 9.59 Å². The van der Waals surface area contributed by atoms with Crippen molar-refractivity contribution in [2.45, 2.75) is 44.8 Å². The number of carbonyl (C=O) groups excluding carboxylic acids is 2. The lowest BCUT2D eigenvalue weighted by atomic mass is 9.77. The number of hydrogen-bond acceptors (Lipinski definition) is 5. The van der Waals surface area contributed by atoms with Gasteiger partial charge in [0.1, 0.15) is 12.2 Å². The van der Waals surface area contributed by atoms with Crippen LogP contribution in [0.5, 0.6) is 0 Å². The molecule has 0 radical (unpaired) electrons. The fourth-order valence-electron chi connectivity index (χ4n) is 3.74. The maximum Gasteiger partial charge on any atom is 0.337 e. The summed E-state index contributed by atoms with van der Waals surface area (Å²) in [6.45, 7) is 3.76. The zero-order chi connectivity index (χ0) is 16.8. The third kappa shape index (κ3) is 2.31. The number of nitrogens with one attached hydrogen (secondary N) is 1. The molecule has 2 unspecified atom stereocenters. The molecule has 0 aromatic heterocycles. The van der Waals surface area contributed by atoms with E-state index in [1.807, 2.05) is 44.2 Å². The van der Waals surface area contributed by atoms with Crippen LogP contribution in [0.4, 0.5) is 0 Å². The lowest BCUT2D eigenvalue weighted by molar-refractivity contribution is -0.146. The van der Waals surface area contributed by atoms with Crippen molar-refractivity contribution in [1.29, 1.82) is 0 Å². The van der Waals surface area contributed by atoms with Crippen molar-refractivity contribution in [3.63, 3.8) is 0 Å². The van der Waals surface area contributed by atoms with Crippen LogP contribution in [0.25, 0.3) is 0 Å². The van der Waals surface area contributed by atoms with Crippen LogP contribution in [-0.4, -0.2) is 24.1 Å². The van der Waals surface area contributed by atoms with Gasteiger partial charge in [-0.3, -0.25) is 0 Å². The van der Waals surface area contributed by atoms with Gasteiger partial charge in [-0.25, -0.2) is 9.59 Å². The number of cyclic esters (lactones) is 2. The molecule has 24 heavy (non-hydrogen) atoms. The fourth-order valence-corrected chi connectivity index (χ4v) is 3.74. The molecule has 5 nitrogen and oxygen atoms in total. The van der Waals surface area contributed by atoms with Crippen molar-refractivity contribution in [3.05, 3.63) is 58.4 Å². The minimum Gasteiger partial charge on any atom is -0.459 e. The van der Waals surface area contributed by atoms with Gasteiger partial charge in [0.2, 0.25) is 0 Å². The summed E-state index contributed by atoms with van der Waals surface area (Å²) in [5.74, 6) is -1.15. The molecule has 1 N–H and O–H groups in total. The SMILES string of the molecule is CC1CC2=C(C(=O)O1)C(c1ccccc1)C1=C(CC(C)OC1=O)N2. The summed E-state index contributed by atoms with van der Waals surface area (Å²) in [4.78, 5) is 25.1. The predicted octanol–water partition coefficient (Wildman–Crippen LogP) is 2.55. The highest BCUT2D eigenvalue weighted by Crippen LogP contribution is 2.44. The average molecular weight is 325 g/mol. The number of benzene rings is 1. The Morgan fingerprint density at radius 2 is 1.38 bits per heavy atom. The summed E-state index contributed by atoms with van der Waals surface area (Å²) in [7, 11) is 0. The van der Waals surface area contributed by atoms with Gasteiger partial charge in [0.05, 0.1) is 17.1 Å². The van der Waals surface area contributed by atoms with E-state index in [-0.39, 0.29) is 24.1 Å². The van der Waals surface area contributed by atoms with Gasteiger partial charge in [0.25, 0.3) is 0 Å². The van der Waals surface area contributed by atoms with Crippen molar-refractivity contribution in [3.8, 4) is 0 Å². The van der Waals surface area contributed by atoms with Crippen molar-refractivity contribution in [1.82, 2.24) is 5.32 Å². The van der Waals surface area contributed by atoms with Crippen molar-refractivity contribution in [2.75, 3.05) is 0 Å². The molecule has 3 heterocycles. The smallest absolute Gasteiger partial charge is 0.337 e. The first-order chi connectivity index (χ1) is 11.5. The molecule has 3 aliphatic heterocycles. The number of hydrogen-bond donors (Lipinski definition) is 1. The number of rotatable bonds is 1. The van der Waals surface area contributed by atoms with Crippen LogP contribution >= 0.6 is 0 Å². The van der Waals surface area contributed by atoms with Crippen LogP contribution in [0.15, 0.2) is 52.9 Å². The van der Waals surface area contributed by atoms with E-state index in [2.05, 4.69) is 5.32 Å². The van der Waals surface area contributed by atoms with E-state index in [4.69, 9.17) is 9.47 Å². The summed E-state index contributed by atoms with van der Waals surface area (Å²) in [5, 5.41) is 3.34. The largest absolute Gasteiger partial charge is 0.459 e. The number of esters is 2. The molecule has 2 atom stereocenters. The van der Waals surface area contributed by atoms with E-state index in [1.54, 1.807) is 0 Å². The van der Waals surface area contributed by atoms with E-state index in [1.165, 1.54) is 0 Å². The highest BCUT2D eigenvalue weighted by Gasteiger charge is 2.44. The maximum absolute atomic E-state index is 12.6. The van der Waals surface area contributed by atoms with Gasteiger partial charge < -0.3 is 14.8 Å². The van der Waals surface area contributed by atoms with Crippen molar-refractivity contribution >= 4 is 11.9 Å². The third-order valence-corrected chi connectivity index (χ3v) is 4.70. The van der Waals surface area contributed by atoms with Crippen LogP contribution in [0.3, 0.4) is 0 Å². The van der Waals surface area contributed by atoms with Gasteiger partial charge in [-0.05, 0) is 19.4 Å². The van der Waals surface area contributed by atoms with Crippen LogP contribution in [0.1, 0.15) is 38.2 Å². The number of carbonyl (C=O) groups is 2. The van der Waals surface area contributed by atoms with E-state index >= 15 is 0 Å². The summed E-state index contributed by atoms with van der Waals surface area (Å²) in [6, 6.07) is 9.60.